The SMILES string of the molecule is CC(C)C1CCC(CBr)(OCC2CCOCC2)CC1. The molecule has 0 bridgehead atoms. The minimum atomic E-state index is 0.115. The summed E-state index contributed by atoms with van der Waals surface area (Å²) >= 11 is 3.70. The summed E-state index contributed by atoms with van der Waals surface area (Å²) in [7, 11) is 0. The maximum Gasteiger partial charge on any atom is 0.0779 e. The van der Waals surface area contributed by atoms with Crippen LogP contribution in [0.2, 0.25) is 0 Å². The fourth-order valence-electron chi connectivity index (χ4n) is 3.36. The lowest BCUT2D eigenvalue weighted by Crippen LogP contribution is -2.41. The molecule has 0 spiro atoms. The quantitative estimate of drug-likeness (QED) is 0.694. The number of rotatable bonds is 5. The number of hydrogen-bond donors (Lipinski definition) is 0. The summed E-state index contributed by atoms with van der Waals surface area (Å²) in [4.78, 5) is 0. The largest absolute Gasteiger partial charge is 0.381 e. The van der Waals surface area contributed by atoms with E-state index < -0.39 is 0 Å². The second-order valence-corrected chi connectivity index (χ2v) is 7.33. The van der Waals surface area contributed by atoms with E-state index in [4.69, 9.17) is 9.47 Å². The van der Waals surface area contributed by atoms with Gasteiger partial charge in [-0.25, -0.2) is 0 Å². The molecule has 1 saturated carbocycles. The van der Waals surface area contributed by atoms with E-state index in [9.17, 15) is 0 Å². The van der Waals surface area contributed by atoms with Gasteiger partial charge in [-0.2, -0.15) is 0 Å². The molecule has 0 atom stereocenters. The maximum absolute atomic E-state index is 6.38. The molecule has 0 aromatic carbocycles. The van der Waals surface area contributed by atoms with Crippen molar-refractivity contribution < 1.29 is 9.47 Å². The third-order valence-electron chi connectivity index (χ3n) is 5.09. The number of ether oxygens (including phenoxy) is 2. The Balaban J connectivity index is 1.79. The molecule has 112 valence electrons. The van der Waals surface area contributed by atoms with E-state index in [1.165, 1.54) is 38.5 Å². The molecule has 1 saturated heterocycles. The summed E-state index contributed by atoms with van der Waals surface area (Å²) in [5.41, 5.74) is 0.115. The lowest BCUT2D eigenvalue weighted by molar-refractivity contribution is -0.0880. The zero-order chi connectivity index (χ0) is 13.7. The first-order valence-electron chi connectivity index (χ1n) is 7.93. The summed E-state index contributed by atoms with van der Waals surface area (Å²) in [5, 5.41) is 0.994. The van der Waals surface area contributed by atoms with Crippen LogP contribution < -0.4 is 0 Å². The van der Waals surface area contributed by atoms with Gasteiger partial charge in [-0.15, -0.1) is 0 Å². The first-order chi connectivity index (χ1) is 9.15. The van der Waals surface area contributed by atoms with Crippen molar-refractivity contribution in [2.75, 3.05) is 25.2 Å². The fourth-order valence-corrected chi connectivity index (χ4v) is 4.08. The highest BCUT2D eigenvalue weighted by molar-refractivity contribution is 9.09. The van der Waals surface area contributed by atoms with Crippen LogP contribution in [0.5, 0.6) is 0 Å². The van der Waals surface area contributed by atoms with E-state index in [2.05, 4.69) is 29.8 Å². The van der Waals surface area contributed by atoms with Crippen molar-refractivity contribution in [1.29, 1.82) is 0 Å². The molecule has 3 heteroatoms. The molecule has 2 nitrogen and oxygen atoms in total. The van der Waals surface area contributed by atoms with Crippen LogP contribution in [-0.2, 0) is 9.47 Å². The first-order valence-corrected chi connectivity index (χ1v) is 9.05. The minimum absolute atomic E-state index is 0.115. The van der Waals surface area contributed by atoms with Crippen LogP contribution in [0.4, 0.5) is 0 Å². The second kappa shape index (κ2) is 7.42. The molecule has 0 amide bonds. The standard InChI is InChI=1S/C16H29BrO2/c1-13(2)15-3-7-16(12-17,8-4-15)19-11-14-5-9-18-10-6-14/h13-15H,3-12H2,1-2H3. The summed E-state index contributed by atoms with van der Waals surface area (Å²) in [6, 6.07) is 0. The van der Waals surface area contributed by atoms with Crippen molar-refractivity contribution in [1.82, 2.24) is 0 Å². The molecule has 0 aromatic rings. The topological polar surface area (TPSA) is 18.5 Å². The fraction of sp³-hybridized carbons (Fsp3) is 1.00. The van der Waals surface area contributed by atoms with Gasteiger partial charge in [0.2, 0.25) is 0 Å². The molecule has 1 aliphatic carbocycles. The number of halogens is 1. The van der Waals surface area contributed by atoms with Crippen molar-refractivity contribution in [2.24, 2.45) is 17.8 Å². The van der Waals surface area contributed by atoms with Crippen molar-refractivity contribution in [3.8, 4) is 0 Å². The minimum Gasteiger partial charge on any atom is -0.381 e. The van der Waals surface area contributed by atoms with E-state index in [0.29, 0.717) is 5.92 Å². The van der Waals surface area contributed by atoms with Gasteiger partial charge < -0.3 is 9.47 Å². The smallest absolute Gasteiger partial charge is 0.0779 e. The highest BCUT2D eigenvalue weighted by atomic mass is 79.9. The number of alkyl halides is 1. The van der Waals surface area contributed by atoms with Gasteiger partial charge in [0.1, 0.15) is 0 Å². The Kier molecular flexibility index (Phi) is 6.16. The van der Waals surface area contributed by atoms with Gasteiger partial charge in [0.05, 0.1) is 12.2 Å². The molecule has 0 N–H and O–H groups in total. The van der Waals surface area contributed by atoms with Crippen LogP contribution in [0.1, 0.15) is 52.4 Å². The van der Waals surface area contributed by atoms with Gasteiger partial charge in [-0.05, 0) is 56.3 Å². The van der Waals surface area contributed by atoms with Crippen molar-refractivity contribution in [3.05, 3.63) is 0 Å². The molecule has 1 heterocycles. The van der Waals surface area contributed by atoms with E-state index in [-0.39, 0.29) is 5.60 Å². The van der Waals surface area contributed by atoms with Gasteiger partial charge in [0.15, 0.2) is 0 Å². The van der Waals surface area contributed by atoms with Crippen LogP contribution >= 0.6 is 15.9 Å². The average Bonchev–Trinajstić information content (AvgIpc) is 2.46. The Labute approximate surface area is 126 Å². The Morgan fingerprint density at radius 1 is 1.16 bits per heavy atom. The Bertz CT molecular complexity index is 253. The summed E-state index contributed by atoms with van der Waals surface area (Å²) in [5.74, 6) is 2.44. The molecule has 2 rings (SSSR count). The van der Waals surface area contributed by atoms with Crippen LogP contribution in [0, 0.1) is 17.8 Å². The molecule has 1 aliphatic heterocycles. The molecule has 2 fully saturated rings. The predicted molar refractivity (Wildman–Crippen MR) is 82.8 cm³/mol. The normalized spacial score (nSPS) is 33.8. The molecule has 0 radical (unpaired) electrons. The van der Waals surface area contributed by atoms with Gasteiger partial charge >= 0.3 is 0 Å². The zero-order valence-electron chi connectivity index (χ0n) is 12.5. The van der Waals surface area contributed by atoms with E-state index >= 15 is 0 Å². The summed E-state index contributed by atoms with van der Waals surface area (Å²) < 4.78 is 11.8. The third kappa shape index (κ3) is 4.44. The second-order valence-electron chi connectivity index (χ2n) is 6.76. The van der Waals surface area contributed by atoms with Crippen molar-refractivity contribution in [3.63, 3.8) is 0 Å². The lowest BCUT2D eigenvalue weighted by atomic mass is 9.75. The Morgan fingerprint density at radius 2 is 1.79 bits per heavy atom. The third-order valence-corrected chi connectivity index (χ3v) is 6.12. The van der Waals surface area contributed by atoms with E-state index in [1.807, 2.05) is 0 Å². The van der Waals surface area contributed by atoms with Gasteiger partial charge in [0.25, 0.3) is 0 Å². The molecular weight excluding hydrogens is 304 g/mol. The monoisotopic (exact) mass is 332 g/mol. The van der Waals surface area contributed by atoms with Crippen LogP contribution in [0.25, 0.3) is 0 Å². The Hall–Kier alpha value is 0.400. The van der Waals surface area contributed by atoms with Gasteiger partial charge in [-0.3, -0.25) is 0 Å². The van der Waals surface area contributed by atoms with Crippen molar-refractivity contribution >= 4 is 15.9 Å². The average molecular weight is 333 g/mol. The van der Waals surface area contributed by atoms with Crippen LogP contribution in [0.15, 0.2) is 0 Å². The van der Waals surface area contributed by atoms with E-state index in [1.54, 1.807) is 0 Å². The van der Waals surface area contributed by atoms with Gasteiger partial charge in [0, 0.05) is 18.5 Å². The van der Waals surface area contributed by atoms with E-state index in [0.717, 1.165) is 37.0 Å². The molecule has 0 unspecified atom stereocenters. The molecule has 2 aliphatic rings. The van der Waals surface area contributed by atoms with Crippen LogP contribution in [-0.4, -0.2) is 30.8 Å². The number of hydrogen-bond acceptors (Lipinski definition) is 2. The highest BCUT2D eigenvalue weighted by Crippen LogP contribution is 2.39. The molecular formula is C16H29BrO2. The first kappa shape index (κ1) is 15.8. The molecule has 19 heavy (non-hydrogen) atoms. The predicted octanol–water partition coefficient (Wildman–Crippen LogP) is 4.41. The Morgan fingerprint density at radius 3 is 2.32 bits per heavy atom. The maximum atomic E-state index is 6.38. The van der Waals surface area contributed by atoms with Crippen molar-refractivity contribution in [2.45, 2.75) is 58.0 Å². The van der Waals surface area contributed by atoms with Crippen LogP contribution in [0.3, 0.4) is 0 Å². The summed E-state index contributed by atoms with van der Waals surface area (Å²) in [6.45, 7) is 7.49. The highest BCUT2D eigenvalue weighted by Gasteiger charge is 2.36. The molecule has 0 aromatic heterocycles. The lowest BCUT2D eigenvalue weighted by Gasteiger charge is -2.41. The summed E-state index contributed by atoms with van der Waals surface area (Å²) in [6.07, 6.45) is 7.46. The zero-order valence-corrected chi connectivity index (χ0v) is 14.1. The van der Waals surface area contributed by atoms with Gasteiger partial charge in [-0.1, -0.05) is 29.8 Å².